The molecule has 21 heavy (non-hydrogen) atoms. The number of benzene rings is 1. The number of aromatic nitrogens is 1. The molecule has 0 saturated carbocycles. The molecule has 0 fully saturated rings. The first kappa shape index (κ1) is 15.2. The number of pyridine rings is 1. The minimum Gasteiger partial charge on any atom is -0.320 e. The Kier molecular flexibility index (Phi) is 4.40. The predicted molar refractivity (Wildman–Crippen MR) is 80.0 cm³/mol. The highest BCUT2D eigenvalue weighted by Gasteiger charge is 2.20. The summed E-state index contributed by atoms with van der Waals surface area (Å²) >= 11 is 11.6. The number of amides is 1. The van der Waals surface area contributed by atoms with Gasteiger partial charge >= 0.3 is 0 Å². The molecule has 8 heteroatoms. The average Bonchev–Trinajstić information content (AvgIpc) is 2.41. The van der Waals surface area contributed by atoms with Gasteiger partial charge in [0.2, 0.25) is 0 Å². The Morgan fingerprint density at radius 1 is 1.29 bits per heavy atom. The molecule has 0 saturated heterocycles. The van der Waals surface area contributed by atoms with Crippen molar-refractivity contribution in [3.63, 3.8) is 0 Å². The summed E-state index contributed by atoms with van der Waals surface area (Å²) in [6.45, 7) is 1.68. The van der Waals surface area contributed by atoms with Crippen LogP contribution in [0.25, 0.3) is 0 Å². The predicted octanol–water partition coefficient (Wildman–Crippen LogP) is 3.86. The Labute approximate surface area is 129 Å². The van der Waals surface area contributed by atoms with Gasteiger partial charge in [0.1, 0.15) is 10.2 Å². The Bertz CT molecular complexity index is 735. The second-order valence-corrected chi connectivity index (χ2v) is 4.88. The molecule has 1 amide bonds. The first-order valence-electron chi connectivity index (χ1n) is 5.77. The number of carbonyl (C=O) groups excluding carboxylic acids is 1. The lowest BCUT2D eigenvalue weighted by molar-refractivity contribution is -0.384. The van der Waals surface area contributed by atoms with Crippen molar-refractivity contribution in [2.24, 2.45) is 0 Å². The van der Waals surface area contributed by atoms with Crippen LogP contribution in [-0.4, -0.2) is 15.8 Å². The molecule has 0 bridgehead atoms. The second kappa shape index (κ2) is 6.07. The van der Waals surface area contributed by atoms with E-state index in [1.165, 1.54) is 24.3 Å². The van der Waals surface area contributed by atoms with Gasteiger partial charge in [-0.2, -0.15) is 0 Å². The van der Waals surface area contributed by atoms with Gasteiger partial charge < -0.3 is 5.32 Å². The van der Waals surface area contributed by atoms with Crippen LogP contribution >= 0.6 is 23.2 Å². The van der Waals surface area contributed by atoms with Gasteiger partial charge in [-0.1, -0.05) is 29.3 Å². The van der Waals surface area contributed by atoms with Gasteiger partial charge in [-0.05, 0) is 25.1 Å². The largest absolute Gasteiger partial charge is 0.320 e. The summed E-state index contributed by atoms with van der Waals surface area (Å²) in [5, 5.41) is 13.5. The van der Waals surface area contributed by atoms with Crippen LogP contribution < -0.4 is 5.32 Å². The third-order valence-electron chi connectivity index (χ3n) is 2.72. The van der Waals surface area contributed by atoms with Crippen LogP contribution in [0, 0.1) is 17.0 Å². The number of nitrogens with zero attached hydrogens (tertiary/aromatic N) is 2. The maximum Gasteiger partial charge on any atom is 0.288 e. The number of halogens is 2. The first-order chi connectivity index (χ1) is 9.90. The maximum atomic E-state index is 12.2. The number of nitrogens with one attached hydrogen (secondary N) is 1. The standard InChI is InChI=1S/C13H9Cl2N3O3/c1-7-9(5-6-11(14)16-7)17-13(19)8-3-2-4-10(12(8)15)18(20)21/h2-6H,1H3,(H,17,19). The van der Waals surface area contributed by atoms with E-state index in [2.05, 4.69) is 10.3 Å². The fraction of sp³-hybridized carbons (Fsp3) is 0.0769. The highest BCUT2D eigenvalue weighted by molar-refractivity contribution is 6.36. The van der Waals surface area contributed by atoms with E-state index < -0.39 is 10.8 Å². The molecule has 0 radical (unpaired) electrons. The highest BCUT2D eigenvalue weighted by Crippen LogP contribution is 2.28. The van der Waals surface area contributed by atoms with Crippen LogP contribution in [0.3, 0.4) is 0 Å². The Morgan fingerprint density at radius 3 is 2.62 bits per heavy atom. The number of nitro groups is 1. The molecule has 1 aromatic heterocycles. The lowest BCUT2D eigenvalue weighted by Crippen LogP contribution is -2.14. The van der Waals surface area contributed by atoms with E-state index in [0.29, 0.717) is 16.5 Å². The van der Waals surface area contributed by atoms with E-state index in [0.717, 1.165) is 0 Å². The molecule has 1 aromatic carbocycles. The van der Waals surface area contributed by atoms with Crippen molar-refractivity contribution in [3.05, 3.63) is 61.9 Å². The number of carbonyl (C=O) groups is 1. The van der Waals surface area contributed by atoms with Gasteiger partial charge in [0.15, 0.2) is 0 Å². The van der Waals surface area contributed by atoms with Crippen molar-refractivity contribution >= 4 is 40.5 Å². The molecule has 0 aliphatic rings. The van der Waals surface area contributed by atoms with E-state index in [9.17, 15) is 14.9 Å². The molecule has 0 unspecified atom stereocenters. The normalized spacial score (nSPS) is 10.2. The third-order valence-corrected chi connectivity index (χ3v) is 3.33. The number of hydrogen-bond donors (Lipinski definition) is 1. The van der Waals surface area contributed by atoms with Crippen LogP contribution in [-0.2, 0) is 0 Å². The second-order valence-electron chi connectivity index (χ2n) is 4.12. The van der Waals surface area contributed by atoms with Crippen LogP contribution in [0.1, 0.15) is 16.1 Å². The zero-order valence-corrected chi connectivity index (χ0v) is 12.3. The monoisotopic (exact) mass is 325 g/mol. The lowest BCUT2D eigenvalue weighted by atomic mass is 10.1. The molecular formula is C13H9Cl2N3O3. The summed E-state index contributed by atoms with van der Waals surface area (Å²) in [4.78, 5) is 26.3. The molecule has 0 aliphatic heterocycles. The lowest BCUT2D eigenvalue weighted by Gasteiger charge is -2.09. The molecule has 2 aromatic rings. The van der Waals surface area contributed by atoms with E-state index in [1.54, 1.807) is 13.0 Å². The van der Waals surface area contributed by atoms with E-state index in [1.807, 2.05) is 0 Å². The summed E-state index contributed by atoms with van der Waals surface area (Å²) in [6, 6.07) is 7.15. The van der Waals surface area contributed by atoms with E-state index in [-0.39, 0.29) is 16.3 Å². The number of hydrogen-bond acceptors (Lipinski definition) is 4. The maximum absolute atomic E-state index is 12.2. The Morgan fingerprint density at radius 2 is 2.00 bits per heavy atom. The molecule has 108 valence electrons. The molecule has 2 rings (SSSR count). The summed E-state index contributed by atoms with van der Waals surface area (Å²) in [7, 11) is 0. The van der Waals surface area contributed by atoms with Crippen molar-refractivity contribution in [2.45, 2.75) is 6.92 Å². The van der Waals surface area contributed by atoms with Crippen molar-refractivity contribution < 1.29 is 9.72 Å². The van der Waals surface area contributed by atoms with Crippen LogP contribution in [0.15, 0.2) is 30.3 Å². The number of nitro benzene ring substituents is 1. The number of rotatable bonds is 3. The molecular weight excluding hydrogens is 317 g/mol. The summed E-state index contributed by atoms with van der Waals surface area (Å²) < 4.78 is 0. The fourth-order valence-corrected chi connectivity index (χ4v) is 2.16. The fourth-order valence-electron chi connectivity index (χ4n) is 1.69. The zero-order chi connectivity index (χ0) is 15.6. The third kappa shape index (κ3) is 3.29. The summed E-state index contributed by atoms with van der Waals surface area (Å²) in [6.07, 6.45) is 0. The van der Waals surface area contributed by atoms with Crippen LogP contribution in [0.2, 0.25) is 10.2 Å². The zero-order valence-electron chi connectivity index (χ0n) is 10.8. The molecule has 0 aliphatic carbocycles. The quantitative estimate of drug-likeness (QED) is 0.527. The highest BCUT2D eigenvalue weighted by atomic mass is 35.5. The molecule has 1 heterocycles. The van der Waals surface area contributed by atoms with Crippen molar-refractivity contribution in [1.29, 1.82) is 0 Å². The van der Waals surface area contributed by atoms with Crippen molar-refractivity contribution in [1.82, 2.24) is 4.98 Å². The van der Waals surface area contributed by atoms with E-state index >= 15 is 0 Å². The minimum atomic E-state index is -0.645. The van der Waals surface area contributed by atoms with Crippen LogP contribution in [0.4, 0.5) is 11.4 Å². The smallest absolute Gasteiger partial charge is 0.288 e. The van der Waals surface area contributed by atoms with Gasteiger partial charge in [0, 0.05) is 6.07 Å². The Hall–Kier alpha value is -2.18. The molecule has 6 nitrogen and oxygen atoms in total. The van der Waals surface area contributed by atoms with Gasteiger partial charge in [0.05, 0.1) is 21.9 Å². The topological polar surface area (TPSA) is 85.1 Å². The first-order valence-corrected chi connectivity index (χ1v) is 6.53. The average molecular weight is 326 g/mol. The van der Waals surface area contributed by atoms with Gasteiger partial charge in [-0.25, -0.2) is 4.98 Å². The van der Waals surface area contributed by atoms with Gasteiger partial charge in [-0.3, -0.25) is 14.9 Å². The van der Waals surface area contributed by atoms with Crippen LogP contribution in [0.5, 0.6) is 0 Å². The minimum absolute atomic E-state index is 0.0141. The SMILES string of the molecule is Cc1nc(Cl)ccc1NC(=O)c1cccc([N+](=O)[O-])c1Cl. The Balaban J connectivity index is 2.33. The van der Waals surface area contributed by atoms with Gasteiger partial charge in [0.25, 0.3) is 11.6 Å². The molecule has 0 atom stereocenters. The number of anilines is 1. The summed E-state index contributed by atoms with van der Waals surface area (Å²) in [5.74, 6) is -0.559. The summed E-state index contributed by atoms with van der Waals surface area (Å²) in [5.41, 5.74) is 0.667. The van der Waals surface area contributed by atoms with E-state index in [4.69, 9.17) is 23.2 Å². The molecule has 0 spiro atoms. The van der Waals surface area contributed by atoms with Crippen molar-refractivity contribution in [3.8, 4) is 0 Å². The molecule has 1 N–H and O–H groups in total. The number of aryl methyl sites for hydroxylation is 1. The van der Waals surface area contributed by atoms with Crippen molar-refractivity contribution in [2.75, 3.05) is 5.32 Å². The van der Waals surface area contributed by atoms with Gasteiger partial charge in [-0.15, -0.1) is 0 Å².